The fourth-order valence-corrected chi connectivity index (χ4v) is 0.393. The van der Waals surface area contributed by atoms with Gasteiger partial charge >= 0.3 is 0 Å². The minimum Gasteiger partial charge on any atom is -1.00 e. The maximum atomic E-state index is 8.45. The van der Waals surface area contributed by atoms with E-state index in [1.165, 1.54) is 0 Å². The van der Waals surface area contributed by atoms with Gasteiger partial charge in [0.15, 0.2) is 0 Å². The Kier molecular flexibility index (Phi) is 2.81. The summed E-state index contributed by atoms with van der Waals surface area (Å²) in [4.78, 5) is 0. The molecule has 0 aliphatic heterocycles. The van der Waals surface area contributed by atoms with Crippen molar-refractivity contribution in [1.29, 1.82) is 0 Å². The Bertz CT molecular complexity index is 106. The second-order valence-corrected chi connectivity index (χ2v) is 1.17. The first kappa shape index (κ1) is 6.80. The van der Waals surface area contributed by atoms with Crippen LogP contribution >= 0.6 is 0 Å². The number of allylic oxidation sites excluding steroid dienone is 3. The zero-order chi connectivity index (χ0) is 4.41. The SMILES string of the molecule is OC1=[C-]CC=C1.[Fe].[H-]. The topological polar surface area (TPSA) is 20.2 Å². The predicted molar refractivity (Wildman–Crippen MR) is 24.3 cm³/mol. The van der Waals surface area contributed by atoms with E-state index in [9.17, 15) is 0 Å². The molecule has 7 heavy (non-hydrogen) atoms. The zero-order valence-electron chi connectivity index (χ0n) is 4.66. The van der Waals surface area contributed by atoms with E-state index in [-0.39, 0.29) is 24.3 Å². The second kappa shape index (κ2) is 2.89. The van der Waals surface area contributed by atoms with Gasteiger partial charge in [0.1, 0.15) is 0 Å². The minimum absolute atomic E-state index is 0. The number of hydrogen-bond donors (Lipinski definition) is 1. The van der Waals surface area contributed by atoms with Crippen molar-refractivity contribution in [2.75, 3.05) is 0 Å². The Labute approximate surface area is 54.7 Å². The summed E-state index contributed by atoms with van der Waals surface area (Å²) in [6, 6.07) is 0. The van der Waals surface area contributed by atoms with Crippen LogP contribution in [0.15, 0.2) is 17.9 Å². The summed E-state index contributed by atoms with van der Waals surface area (Å²) in [5, 5.41) is 8.45. The van der Waals surface area contributed by atoms with Gasteiger partial charge in [-0.25, -0.2) is 6.08 Å². The molecule has 0 atom stereocenters. The maximum absolute atomic E-state index is 8.45. The van der Waals surface area contributed by atoms with Gasteiger partial charge in [-0.15, -0.1) is 6.42 Å². The van der Waals surface area contributed by atoms with Crippen molar-refractivity contribution in [1.82, 2.24) is 0 Å². The molecule has 1 nitrogen and oxygen atoms in total. The van der Waals surface area contributed by atoms with Crippen LogP contribution in [0, 0.1) is 6.08 Å². The van der Waals surface area contributed by atoms with Crippen molar-refractivity contribution in [3.63, 3.8) is 0 Å². The van der Waals surface area contributed by atoms with E-state index in [4.69, 9.17) is 5.11 Å². The van der Waals surface area contributed by atoms with E-state index < -0.39 is 0 Å². The summed E-state index contributed by atoms with van der Waals surface area (Å²) in [6.45, 7) is 0. The molecule has 1 aliphatic carbocycles. The molecule has 0 saturated carbocycles. The maximum Gasteiger partial charge on any atom is 0 e. The summed E-state index contributed by atoms with van der Waals surface area (Å²) < 4.78 is 0. The first-order valence-corrected chi connectivity index (χ1v) is 1.86. The fraction of sp³-hybridized carbons (Fsp3) is 0.200. The number of aliphatic hydroxyl groups excluding tert-OH is 1. The number of hydrogen-bond acceptors (Lipinski definition) is 1. The summed E-state index contributed by atoms with van der Waals surface area (Å²) in [7, 11) is 0. The molecule has 1 N–H and O–H groups in total. The molecule has 42 valence electrons. The Balaban J connectivity index is 0. The molecule has 2 heteroatoms. The molecule has 0 fully saturated rings. The molecule has 0 heterocycles. The quantitative estimate of drug-likeness (QED) is 0.395. The molecule has 0 radical (unpaired) electrons. The minimum atomic E-state index is 0. The van der Waals surface area contributed by atoms with Crippen LogP contribution in [0.2, 0.25) is 0 Å². The normalized spacial score (nSPS) is 15.7. The summed E-state index contributed by atoms with van der Waals surface area (Å²) in [5.41, 5.74) is 0. The molecule has 0 aromatic rings. The Morgan fingerprint density at radius 3 is 2.71 bits per heavy atom. The molecule has 0 aromatic heterocycles. The van der Waals surface area contributed by atoms with Gasteiger partial charge in [0.25, 0.3) is 0 Å². The van der Waals surface area contributed by atoms with Crippen LogP contribution in [-0.2, 0) is 17.1 Å². The van der Waals surface area contributed by atoms with E-state index in [0.717, 1.165) is 6.42 Å². The van der Waals surface area contributed by atoms with Gasteiger partial charge in [0, 0.05) is 17.1 Å². The molecule has 1 rings (SSSR count). The second-order valence-electron chi connectivity index (χ2n) is 1.17. The van der Waals surface area contributed by atoms with E-state index in [2.05, 4.69) is 6.08 Å². The average molecular weight is 138 g/mol. The average Bonchev–Trinajstić information content (AvgIpc) is 1.86. The third-order valence-electron chi connectivity index (χ3n) is 0.677. The van der Waals surface area contributed by atoms with Crippen LogP contribution in [0.1, 0.15) is 7.85 Å². The predicted octanol–water partition coefficient (Wildman–Crippen LogP) is 1.30. The van der Waals surface area contributed by atoms with Crippen LogP contribution in [-0.4, -0.2) is 5.11 Å². The van der Waals surface area contributed by atoms with Crippen LogP contribution in [0.25, 0.3) is 0 Å². The smallest absolute Gasteiger partial charge is 0 e. The third kappa shape index (κ3) is 1.81. The molecular formula is C5H6FeO-2. The summed E-state index contributed by atoms with van der Waals surface area (Å²) in [6.07, 6.45) is 6.95. The molecular weight excluding hydrogens is 132 g/mol. The van der Waals surface area contributed by atoms with Gasteiger partial charge in [-0.3, -0.25) is 0 Å². The van der Waals surface area contributed by atoms with Crippen molar-refractivity contribution >= 4 is 0 Å². The van der Waals surface area contributed by atoms with E-state index in [0.29, 0.717) is 0 Å². The van der Waals surface area contributed by atoms with Crippen molar-refractivity contribution < 1.29 is 23.6 Å². The van der Waals surface area contributed by atoms with Crippen molar-refractivity contribution in [3.05, 3.63) is 24.0 Å². The van der Waals surface area contributed by atoms with Gasteiger partial charge in [-0.05, 0) is 0 Å². The largest absolute Gasteiger partial charge is 1.00 e. The molecule has 0 unspecified atom stereocenters. The Morgan fingerprint density at radius 1 is 1.86 bits per heavy atom. The molecule has 0 spiro atoms. The van der Waals surface area contributed by atoms with E-state index >= 15 is 0 Å². The summed E-state index contributed by atoms with van der Waals surface area (Å²) >= 11 is 0. The first-order chi connectivity index (χ1) is 2.89. The zero-order valence-corrected chi connectivity index (χ0v) is 4.77. The van der Waals surface area contributed by atoms with Crippen LogP contribution in [0.3, 0.4) is 0 Å². The van der Waals surface area contributed by atoms with Crippen molar-refractivity contribution in [2.45, 2.75) is 6.42 Å². The van der Waals surface area contributed by atoms with Crippen molar-refractivity contribution in [3.8, 4) is 0 Å². The van der Waals surface area contributed by atoms with E-state index in [1.54, 1.807) is 6.08 Å². The standard InChI is InChI=1S/C5H5O.Fe.H/c6-5-3-1-2-4-5;;/h1,3,6H,2H2;;/q-1;;-1. The number of aliphatic hydroxyl groups is 1. The van der Waals surface area contributed by atoms with Gasteiger partial charge in [-0.2, -0.15) is 12.2 Å². The van der Waals surface area contributed by atoms with E-state index in [1.807, 2.05) is 6.08 Å². The van der Waals surface area contributed by atoms with Gasteiger partial charge < -0.3 is 6.53 Å². The molecule has 1 aliphatic rings. The van der Waals surface area contributed by atoms with Crippen molar-refractivity contribution in [2.24, 2.45) is 0 Å². The Hall–Kier alpha value is -0.201. The van der Waals surface area contributed by atoms with Crippen LogP contribution in [0.4, 0.5) is 0 Å². The van der Waals surface area contributed by atoms with Gasteiger partial charge in [-0.1, -0.05) is 5.76 Å². The molecule has 0 amide bonds. The monoisotopic (exact) mass is 138 g/mol. The van der Waals surface area contributed by atoms with Gasteiger partial charge in [0.2, 0.25) is 0 Å². The molecule has 0 aromatic carbocycles. The fourth-order valence-electron chi connectivity index (χ4n) is 0.393. The van der Waals surface area contributed by atoms with Crippen LogP contribution < -0.4 is 0 Å². The molecule has 0 bridgehead atoms. The third-order valence-corrected chi connectivity index (χ3v) is 0.677. The first-order valence-electron chi connectivity index (χ1n) is 1.86. The molecule has 0 saturated heterocycles. The Morgan fingerprint density at radius 2 is 2.57 bits per heavy atom. The van der Waals surface area contributed by atoms with Crippen LogP contribution in [0.5, 0.6) is 0 Å². The number of rotatable bonds is 0. The van der Waals surface area contributed by atoms with Gasteiger partial charge in [0.05, 0.1) is 0 Å². The summed E-state index contributed by atoms with van der Waals surface area (Å²) in [5.74, 6) is 0.273.